The fourth-order valence-corrected chi connectivity index (χ4v) is 3.78. The minimum Gasteiger partial charge on any atom is -0.462 e. The summed E-state index contributed by atoms with van der Waals surface area (Å²) in [5.41, 5.74) is 1.79. The van der Waals surface area contributed by atoms with Crippen LogP contribution in [-0.2, 0) is 14.3 Å². The van der Waals surface area contributed by atoms with Gasteiger partial charge < -0.3 is 9.64 Å². The van der Waals surface area contributed by atoms with Crippen molar-refractivity contribution in [3.05, 3.63) is 33.1 Å². The van der Waals surface area contributed by atoms with Crippen LogP contribution >= 0.6 is 27.7 Å². The van der Waals surface area contributed by atoms with Gasteiger partial charge in [0.05, 0.1) is 16.7 Å². The number of benzene rings is 1. The summed E-state index contributed by atoms with van der Waals surface area (Å²) in [5.74, 6) is -1.08. The number of rotatable bonds is 5. The standard InChI is InChI=1S/C17H19BrN2O4S/c1-10(2)24-15(21)9-20-16(22)14(25-17(20)23)8-11-5-6-13(19(3)4)12(18)7-11/h5-8,10H,9H2,1-4H3/b14-8-. The van der Waals surface area contributed by atoms with Crippen LogP contribution in [0.3, 0.4) is 0 Å². The molecule has 1 aliphatic heterocycles. The molecule has 8 heteroatoms. The Balaban J connectivity index is 2.17. The van der Waals surface area contributed by atoms with Crippen LogP contribution in [0.25, 0.3) is 6.08 Å². The van der Waals surface area contributed by atoms with Crippen LogP contribution in [0.5, 0.6) is 0 Å². The highest BCUT2D eigenvalue weighted by Crippen LogP contribution is 2.33. The minimum atomic E-state index is -0.600. The number of nitrogens with zero attached hydrogens (tertiary/aromatic N) is 2. The molecule has 0 aromatic heterocycles. The van der Waals surface area contributed by atoms with Gasteiger partial charge in [-0.3, -0.25) is 19.3 Å². The Morgan fingerprint density at radius 2 is 2.04 bits per heavy atom. The molecule has 0 radical (unpaired) electrons. The van der Waals surface area contributed by atoms with Crippen molar-refractivity contribution in [1.82, 2.24) is 4.90 Å². The van der Waals surface area contributed by atoms with Gasteiger partial charge in [-0.05, 0) is 65.3 Å². The summed E-state index contributed by atoms with van der Waals surface area (Å²) in [6, 6.07) is 5.65. The third-order valence-electron chi connectivity index (χ3n) is 3.28. The van der Waals surface area contributed by atoms with Crippen molar-refractivity contribution in [2.24, 2.45) is 0 Å². The van der Waals surface area contributed by atoms with E-state index in [1.807, 2.05) is 37.2 Å². The van der Waals surface area contributed by atoms with E-state index in [2.05, 4.69) is 15.9 Å². The van der Waals surface area contributed by atoms with E-state index in [1.165, 1.54) is 0 Å². The Morgan fingerprint density at radius 3 is 2.60 bits per heavy atom. The molecule has 1 saturated heterocycles. The SMILES string of the molecule is CC(C)OC(=O)CN1C(=O)S/C(=C\c2ccc(N(C)C)c(Br)c2)C1=O. The van der Waals surface area contributed by atoms with E-state index in [0.29, 0.717) is 0 Å². The Hall–Kier alpha value is -1.80. The van der Waals surface area contributed by atoms with Gasteiger partial charge in [0.1, 0.15) is 6.54 Å². The van der Waals surface area contributed by atoms with Crippen molar-refractivity contribution >= 4 is 56.6 Å². The lowest BCUT2D eigenvalue weighted by molar-refractivity contribution is -0.149. The number of carbonyl (C=O) groups is 3. The highest BCUT2D eigenvalue weighted by Gasteiger charge is 2.36. The summed E-state index contributed by atoms with van der Waals surface area (Å²) in [6.45, 7) is 3.05. The first-order valence-electron chi connectivity index (χ1n) is 7.60. The molecule has 0 aliphatic carbocycles. The van der Waals surface area contributed by atoms with E-state index in [0.717, 1.165) is 32.4 Å². The van der Waals surface area contributed by atoms with E-state index in [1.54, 1.807) is 19.9 Å². The molecule has 2 rings (SSSR count). The van der Waals surface area contributed by atoms with Gasteiger partial charge in [0.2, 0.25) is 0 Å². The van der Waals surface area contributed by atoms with Crippen molar-refractivity contribution in [2.45, 2.75) is 20.0 Å². The van der Waals surface area contributed by atoms with E-state index >= 15 is 0 Å². The maximum absolute atomic E-state index is 12.4. The van der Waals surface area contributed by atoms with Crippen LogP contribution in [0.15, 0.2) is 27.6 Å². The summed E-state index contributed by atoms with van der Waals surface area (Å²) in [7, 11) is 3.86. The van der Waals surface area contributed by atoms with Gasteiger partial charge in [-0.1, -0.05) is 6.07 Å². The predicted octanol–water partition coefficient (Wildman–Crippen LogP) is 3.50. The first kappa shape index (κ1) is 19.5. The van der Waals surface area contributed by atoms with Gasteiger partial charge in [0.15, 0.2) is 0 Å². The third kappa shape index (κ3) is 4.85. The van der Waals surface area contributed by atoms with E-state index < -0.39 is 17.1 Å². The fourth-order valence-electron chi connectivity index (χ4n) is 2.19. The van der Waals surface area contributed by atoms with Crippen molar-refractivity contribution in [3.8, 4) is 0 Å². The maximum atomic E-state index is 12.4. The number of esters is 1. The molecule has 1 heterocycles. The summed E-state index contributed by atoms with van der Waals surface area (Å²) in [6.07, 6.45) is 1.35. The number of thioether (sulfide) groups is 1. The van der Waals surface area contributed by atoms with Gasteiger partial charge >= 0.3 is 5.97 Å². The molecular weight excluding hydrogens is 408 g/mol. The molecule has 25 heavy (non-hydrogen) atoms. The molecule has 0 bridgehead atoms. The Morgan fingerprint density at radius 1 is 1.36 bits per heavy atom. The van der Waals surface area contributed by atoms with Crippen LogP contribution in [0.2, 0.25) is 0 Å². The number of amides is 2. The second-order valence-corrected chi connectivity index (χ2v) is 7.76. The zero-order valence-electron chi connectivity index (χ0n) is 14.4. The van der Waals surface area contributed by atoms with Crippen LogP contribution in [0.1, 0.15) is 19.4 Å². The lowest BCUT2D eigenvalue weighted by atomic mass is 10.2. The second kappa shape index (κ2) is 8.05. The molecule has 0 atom stereocenters. The lowest BCUT2D eigenvalue weighted by Gasteiger charge is -2.14. The van der Waals surface area contributed by atoms with Gasteiger partial charge in [-0.25, -0.2) is 0 Å². The summed E-state index contributed by atoms with van der Waals surface area (Å²) in [4.78, 5) is 39.3. The van der Waals surface area contributed by atoms with Crippen LogP contribution in [0.4, 0.5) is 10.5 Å². The number of carbonyl (C=O) groups excluding carboxylic acids is 3. The number of anilines is 1. The molecule has 6 nitrogen and oxygen atoms in total. The molecule has 1 fully saturated rings. The summed E-state index contributed by atoms with van der Waals surface area (Å²) >= 11 is 4.31. The maximum Gasteiger partial charge on any atom is 0.326 e. The van der Waals surface area contributed by atoms with Crippen molar-refractivity contribution in [2.75, 3.05) is 25.5 Å². The highest BCUT2D eigenvalue weighted by atomic mass is 79.9. The first-order chi connectivity index (χ1) is 11.7. The number of hydrogen-bond acceptors (Lipinski definition) is 6. The molecular formula is C17H19BrN2O4S. The molecule has 1 aliphatic rings. The fraction of sp³-hybridized carbons (Fsp3) is 0.353. The summed E-state index contributed by atoms with van der Waals surface area (Å²) < 4.78 is 5.87. The molecule has 0 saturated carbocycles. The number of ether oxygens (including phenoxy) is 1. The highest BCUT2D eigenvalue weighted by molar-refractivity contribution is 9.10. The Kier molecular flexibility index (Phi) is 6.29. The van der Waals surface area contributed by atoms with Crippen molar-refractivity contribution in [1.29, 1.82) is 0 Å². The number of halogens is 1. The normalized spacial score (nSPS) is 16.1. The Bertz CT molecular complexity index is 746. The molecule has 0 N–H and O–H groups in total. The van der Waals surface area contributed by atoms with Crippen LogP contribution < -0.4 is 4.90 Å². The summed E-state index contributed by atoms with van der Waals surface area (Å²) in [5, 5.41) is -0.471. The Labute approximate surface area is 159 Å². The van der Waals surface area contributed by atoms with Gasteiger partial charge in [-0.2, -0.15) is 0 Å². The molecule has 0 unspecified atom stereocenters. The van der Waals surface area contributed by atoms with E-state index in [9.17, 15) is 14.4 Å². The topological polar surface area (TPSA) is 66.9 Å². The lowest BCUT2D eigenvalue weighted by Crippen LogP contribution is -2.35. The average Bonchev–Trinajstić information content (AvgIpc) is 2.73. The minimum absolute atomic E-state index is 0.284. The average molecular weight is 427 g/mol. The first-order valence-corrected chi connectivity index (χ1v) is 9.21. The van der Waals surface area contributed by atoms with Gasteiger partial charge in [0.25, 0.3) is 11.1 Å². The van der Waals surface area contributed by atoms with Crippen molar-refractivity contribution < 1.29 is 19.1 Å². The van der Waals surface area contributed by atoms with E-state index in [-0.39, 0.29) is 17.6 Å². The third-order valence-corrected chi connectivity index (χ3v) is 4.82. The number of imide groups is 1. The molecule has 1 aromatic carbocycles. The zero-order valence-corrected chi connectivity index (χ0v) is 16.8. The smallest absolute Gasteiger partial charge is 0.326 e. The number of hydrogen-bond donors (Lipinski definition) is 0. The second-order valence-electron chi connectivity index (χ2n) is 5.91. The predicted molar refractivity (Wildman–Crippen MR) is 102 cm³/mol. The van der Waals surface area contributed by atoms with Gasteiger partial charge in [0, 0.05) is 18.6 Å². The quantitative estimate of drug-likeness (QED) is 0.530. The monoisotopic (exact) mass is 426 g/mol. The van der Waals surface area contributed by atoms with Crippen LogP contribution in [0, 0.1) is 0 Å². The van der Waals surface area contributed by atoms with E-state index in [4.69, 9.17) is 4.74 Å². The largest absolute Gasteiger partial charge is 0.462 e. The molecule has 134 valence electrons. The molecule has 1 aromatic rings. The van der Waals surface area contributed by atoms with Crippen LogP contribution in [-0.4, -0.2) is 48.8 Å². The molecule has 0 spiro atoms. The molecule has 2 amide bonds. The zero-order chi connectivity index (χ0) is 18.7. The van der Waals surface area contributed by atoms with Gasteiger partial charge in [-0.15, -0.1) is 0 Å². The van der Waals surface area contributed by atoms with Crippen molar-refractivity contribution in [3.63, 3.8) is 0 Å².